The van der Waals surface area contributed by atoms with Crippen LogP contribution < -0.4 is 4.74 Å². The van der Waals surface area contributed by atoms with Crippen LogP contribution in [0, 0.1) is 0 Å². The molecule has 0 aliphatic carbocycles. The van der Waals surface area contributed by atoms with E-state index < -0.39 is 11.7 Å². The summed E-state index contributed by atoms with van der Waals surface area (Å²) in [6.45, 7) is 1.81. The van der Waals surface area contributed by atoms with Gasteiger partial charge in [0.15, 0.2) is 0 Å². The first-order valence-electron chi connectivity index (χ1n) is 4.37. The molecule has 0 fully saturated rings. The van der Waals surface area contributed by atoms with E-state index in [0.29, 0.717) is 5.75 Å². The van der Waals surface area contributed by atoms with E-state index >= 15 is 0 Å². The Balaban J connectivity index is 3.16. The van der Waals surface area contributed by atoms with Crippen molar-refractivity contribution < 1.29 is 17.9 Å². The highest BCUT2D eigenvalue weighted by atomic mass is 32.2. The van der Waals surface area contributed by atoms with Crippen LogP contribution in [-0.2, 0) is 6.18 Å². The first-order chi connectivity index (χ1) is 6.99. The summed E-state index contributed by atoms with van der Waals surface area (Å²) in [6, 6.07) is 4.00. The molecule has 0 N–H and O–H groups in total. The molecule has 0 unspecified atom stereocenters. The average molecular weight is 236 g/mol. The molecule has 0 aromatic heterocycles. The molecule has 0 saturated carbocycles. The smallest absolute Gasteiger partial charge is 0.417 e. The van der Waals surface area contributed by atoms with Gasteiger partial charge in [-0.15, -0.1) is 11.8 Å². The summed E-state index contributed by atoms with van der Waals surface area (Å²) in [4.78, 5) is 0.241. The van der Waals surface area contributed by atoms with Gasteiger partial charge in [-0.2, -0.15) is 13.2 Å². The van der Waals surface area contributed by atoms with E-state index in [4.69, 9.17) is 4.74 Å². The zero-order valence-corrected chi connectivity index (χ0v) is 9.21. The number of benzene rings is 1. The fourth-order valence-corrected chi connectivity index (χ4v) is 1.94. The summed E-state index contributed by atoms with van der Waals surface area (Å²) in [5, 5.41) is 0. The van der Waals surface area contributed by atoms with Crippen molar-refractivity contribution in [2.75, 3.05) is 12.9 Å². The second kappa shape index (κ2) is 4.79. The normalized spacial score (nSPS) is 11.5. The molecule has 0 aliphatic rings. The minimum absolute atomic E-state index is 0.225. The third kappa shape index (κ3) is 3.06. The summed E-state index contributed by atoms with van der Waals surface area (Å²) in [5.74, 6) is 0.831. The highest BCUT2D eigenvalue weighted by Gasteiger charge is 2.33. The molecule has 1 aromatic rings. The Kier molecular flexibility index (Phi) is 3.90. The van der Waals surface area contributed by atoms with Gasteiger partial charge in [0, 0.05) is 4.90 Å². The number of ether oxygens (including phenoxy) is 1. The Labute approximate surface area is 90.6 Å². The molecule has 0 spiro atoms. The van der Waals surface area contributed by atoms with E-state index in [1.165, 1.54) is 31.0 Å². The van der Waals surface area contributed by atoms with Gasteiger partial charge in [0.05, 0.1) is 12.7 Å². The van der Waals surface area contributed by atoms with Gasteiger partial charge < -0.3 is 4.74 Å². The lowest BCUT2D eigenvalue weighted by atomic mass is 10.2. The largest absolute Gasteiger partial charge is 0.497 e. The Morgan fingerprint density at radius 1 is 1.33 bits per heavy atom. The maximum atomic E-state index is 12.6. The average Bonchev–Trinajstić information content (AvgIpc) is 2.17. The Hall–Kier alpha value is -0.840. The van der Waals surface area contributed by atoms with Gasteiger partial charge in [0.1, 0.15) is 5.75 Å². The monoisotopic (exact) mass is 236 g/mol. The van der Waals surface area contributed by atoms with E-state index in [0.717, 1.165) is 6.07 Å². The van der Waals surface area contributed by atoms with Gasteiger partial charge in [0.25, 0.3) is 0 Å². The zero-order chi connectivity index (χ0) is 11.5. The second-order valence-corrected chi connectivity index (χ2v) is 4.10. The summed E-state index contributed by atoms with van der Waals surface area (Å²) >= 11 is 1.17. The third-order valence-electron chi connectivity index (χ3n) is 1.79. The number of hydrogen-bond acceptors (Lipinski definition) is 2. The molecule has 84 valence electrons. The number of thioether (sulfide) groups is 1. The van der Waals surface area contributed by atoms with Crippen molar-refractivity contribution in [1.29, 1.82) is 0 Å². The van der Waals surface area contributed by atoms with Crippen molar-refractivity contribution in [2.45, 2.75) is 18.0 Å². The van der Waals surface area contributed by atoms with E-state index in [9.17, 15) is 13.2 Å². The van der Waals surface area contributed by atoms with Crippen LogP contribution in [0.1, 0.15) is 12.5 Å². The molecule has 1 aromatic carbocycles. The van der Waals surface area contributed by atoms with Crippen molar-refractivity contribution in [2.24, 2.45) is 0 Å². The van der Waals surface area contributed by atoms with Crippen molar-refractivity contribution in [3.8, 4) is 5.75 Å². The Morgan fingerprint density at radius 2 is 2.00 bits per heavy atom. The SMILES string of the molecule is CCSc1ccc(OC)cc1C(F)(F)F. The highest BCUT2D eigenvalue weighted by molar-refractivity contribution is 7.99. The van der Waals surface area contributed by atoms with Crippen LogP contribution in [0.2, 0.25) is 0 Å². The standard InChI is InChI=1S/C10H11F3OS/c1-3-15-9-5-4-7(14-2)6-8(9)10(11,12)13/h4-6H,3H2,1-2H3. The van der Waals surface area contributed by atoms with Gasteiger partial charge >= 0.3 is 6.18 Å². The van der Waals surface area contributed by atoms with E-state index in [1.807, 2.05) is 6.92 Å². The summed E-state index contributed by atoms with van der Waals surface area (Å²) < 4.78 is 42.6. The van der Waals surface area contributed by atoms with Crippen LogP contribution in [0.5, 0.6) is 5.75 Å². The van der Waals surface area contributed by atoms with E-state index in [-0.39, 0.29) is 10.6 Å². The van der Waals surface area contributed by atoms with E-state index in [1.54, 1.807) is 0 Å². The number of alkyl halides is 3. The molecule has 1 rings (SSSR count). The maximum Gasteiger partial charge on any atom is 0.417 e. The van der Waals surface area contributed by atoms with Crippen molar-refractivity contribution >= 4 is 11.8 Å². The van der Waals surface area contributed by atoms with Crippen LogP contribution >= 0.6 is 11.8 Å². The fourth-order valence-electron chi connectivity index (χ4n) is 1.14. The predicted molar refractivity (Wildman–Crippen MR) is 54.4 cm³/mol. The lowest BCUT2D eigenvalue weighted by molar-refractivity contribution is -0.139. The molecule has 15 heavy (non-hydrogen) atoms. The predicted octanol–water partition coefficient (Wildman–Crippen LogP) is 3.83. The number of methoxy groups -OCH3 is 1. The van der Waals surface area contributed by atoms with Gasteiger partial charge in [-0.1, -0.05) is 6.92 Å². The van der Waals surface area contributed by atoms with Crippen molar-refractivity contribution in [3.05, 3.63) is 23.8 Å². The molecule has 0 heterocycles. The van der Waals surface area contributed by atoms with Gasteiger partial charge in [-0.25, -0.2) is 0 Å². The fraction of sp³-hybridized carbons (Fsp3) is 0.400. The molecule has 0 bridgehead atoms. The Bertz CT molecular complexity index is 336. The second-order valence-electron chi connectivity index (χ2n) is 2.79. The molecule has 0 atom stereocenters. The van der Waals surface area contributed by atoms with Crippen LogP contribution in [0.3, 0.4) is 0 Å². The van der Waals surface area contributed by atoms with Crippen LogP contribution in [-0.4, -0.2) is 12.9 Å². The molecular formula is C10H11F3OS. The van der Waals surface area contributed by atoms with Crippen LogP contribution in [0.4, 0.5) is 13.2 Å². The first-order valence-corrected chi connectivity index (χ1v) is 5.35. The topological polar surface area (TPSA) is 9.23 Å². The summed E-state index contributed by atoms with van der Waals surface area (Å²) in [6.07, 6.45) is -4.33. The zero-order valence-electron chi connectivity index (χ0n) is 8.39. The van der Waals surface area contributed by atoms with Crippen LogP contribution in [0.25, 0.3) is 0 Å². The molecule has 5 heteroatoms. The van der Waals surface area contributed by atoms with Gasteiger partial charge in [-0.05, 0) is 24.0 Å². The molecule has 0 aliphatic heterocycles. The van der Waals surface area contributed by atoms with Crippen LogP contribution in [0.15, 0.2) is 23.1 Å². The third-order valence-corrected chi connectivity index (χ3v) is 2.75. The van der Waals surface area contributed by atoms with Crippen molar-refractivity contribution in [1.82, 2.24) is 0 Å². The summed E-state index contributed by atoms with van der Waals surface area (Å²) in [7, 11) is 1.35. The number of rotatable bonds is 3. The lowest BCUT2D eigenvalue weighted by Gasteiger charge is -2.13. The molecule has 0 radical (unpaired) electrons. The molecular weight excluding hydrogens is 225 g/mol. The van der Waals surface area contributed by atoms with Gasteiger partial charge in [-0.3, -0.25) is 0 Å². The highest BCUT2D eigenvalue weighted by Crippen LogP contribution is 2.38. The lowest BCUT2D eigenvalue weighted by Crippen LogP contribution is -2.07. The minimum atomic E-state index is -4.33. The Morgan fingerprint density at radius 3 is 2.47 bits per heavy atom. The minimum Gasteiger partial charge on any atom is -0.497 e. The van der Waals surface area contributed by atoms with Gasteiger partial charge in [0.2, 0.25) is 0 Å². The summed E-state index contributed by atoms with van der Waals surface area (Å²) in [5.41, 5.74) is -0.631. The quantitative estimate of drug-likeness (QED) is 0.738. The van der Waals surface area contributed by atoms with E-state index in [2.05, 4.69) is 0 Å². The number of hydrogen-bond donors (Lipinski definition) is 0. The molecule has 1 nitrogen and oxygen atoms in total. The number of halogens is 3. The molecule has 0 amide bonds. The first kappa shape index (κ1) is 12.2. The molecule has 0 saturated heterocycles. The maximum absolute atomic E-state index is 12.6. The van der Waals surface area contributed by atoms with Crippen molar-refractivity contribution in [3.63, 3.8) is 0 Å².